The molecular weight excluding hydrogens is 254 g/mol. The van der Waals surface area contributed by atoms with Gasteiger partial charge in [-0.2, -0.15) is 11.8 Å². The average Bonchev–Trinajstić information content (AvgIpc) is 2.86. The summed E-state index contributed by atoms with van der Waals surface area (Å²) in [4.78, 5) is 4.35. The predicted octanol–water partition coefficient (Wildman–Crippen LogP) is 3.26. The molecule has 1 aliphatic carbocycles. The van der Waals surface area contributed by atoms with Crippen molar-refractivity contribution in [1.29, 1.82) is 0 Å². The summed E-state index contributed by atoms with van der Waals surface area (Å²) in [5.74, 6) is 2.98. The zero-order chi connectivity index (χ0) is 14.1. The molecule has 0 aromatic carbocycles. The van der Waals surface area contributed by atoms with Gasteiger partial charge in [-0.25, -0.2) is 0 Å². The summed E-state index contributed by atoms with van der Waals surface area (Å²) in [7, 11) is 1.87. The third kappa shape index (κ3) is 6.07. The molecule has 2 N–H and O–H groups in total. The molecule has 0 amide bonds. The zero-order valence-electron chi connectivity index (χ0n) is 13.0. The van der Waals surface area contributed by atoms with E-state index in [1.807, 2.05) is 7.05 Å². The highest BCUT2D eigenvalue weighted by molar-refractivity contribution is 7.99. The second-order valence-electron chi connectivity index (χ2n) is 5.37. The molecule has 0 aromatic rings. The van der Waals surface area contributed by atoms with E-state index in [2.05, 4.69) is 48.2 Å². The maximum atomic E-state index is 4.35. The van der Waals surface area contributed by atoms with Gasteiger partial charge < -0.3 is 10.6 Å². The molecular formula is C15H31N3S. The van der Waals surface area contributed by atoms with E-state index in [0.717, 1.165) is 23.7 Å². The maximum absolute atomic E-state index is 4.35. The largest absolute Gasteiger partial charge is 0.356 e. The second kappa shape index (κ2) is 9.51. The lowest BCUT2D eigenvalue weighted by atomic mass is 10.0. The van der Waals surface area contributed by atoms with Crippen LogP contribution < -0.4 is 10.6 Å². The molecule has 19 heavy (non-hydrogen) atoms. The van der Waals surface area contributed by atoms with Crippen molar-refractivity contribution in [3.8, 4) is 0 Å². The highest BCUT2D eigenvalue weighted by Crippen LogP contribution is 2.29. The standard InChI is InChI=1S/C15H31N3S/c1-5-12(6-2)11-17-15(16-4)18-13-8-9-14(10-13)19-7-3/h12-14H,5-11H2,1-4H3,(H2,16,17,18). The number of guanidine groups is 1. The average molecular weight is 286 g/mol. The van der Waals surface area contributed by atoms with Crippen LogP contribution in [0.5, 0.6) is 0 Å². The van der Waals surface area contributed by atoms with Crippen LogP contribution in [0.25, 0.3) is 0 Å². The molecule has 1 fully saturated rings. The molecule has 2 atom stereocenters. The highest BCUT2D eigenvalue weighted by atomic mass is 32.2. The molecule has 1 rings (SSSR count). The molecule has 112 valence electrons. The van der Waals surface area contributed by atoms with E-state index in [9.17, 15) is 0 Å². The van der Waals surface area contributed by atoms with Gasteiger partial charge in [0.25, 0.3) is 0 Å². The third-order valence-corrected chi connectivity index (χ3v) is 5.30. The van der Waals surface area contributed by atoms with E-state index < -0.39 is 0 Å². The van der Waals surface area contributed by atoms with Crippen LogP contribution in [-0.4, -0.2) is 36.6 Å². The minimum absolute atomic E-state index is 0.608. The van der Waals surface area contributed by atoms with Gasteiger partial charge in [-0.15, -0.1) is 0 Å². The number of hydrogen-bond acceptors (Lipinski definition) is 2. The second-order valence-corrected chi connectivity index (χ2v) is 6.94. The summed E-state index contributed by atoms with van der Waals surface area (Å²) < 4.78 is 0. The number of aliphatic imine (C=N–C) groups is 1. The Morgan fingerprint density at radius 1 is 1.26 bits per heavy atom. The predicted molar refractivity (Wildman–Crippen MR) is 88.1 cm³/mol. The van der Waals surface area contributed by atoms with E-state index in [1.165, 1.54) is 37.9 Å². The van der Waals surface area contributed by atoms with Crippen LogP contribution >= 0.6 is 11.8 Å². The minimum atomic E-state index is 0.608. The van der Waals surface area contributed by atoms with Crippen molar-refractivity contribution in [2.75, 3.05) is 19.3 Å². The fraction of sp³-hybridized carbons (Fsp3) is 0.933. The molecule has 0 bridgehead atoms. The smallest absolute Gasteiger partial charge is 0.191 e. The molecule has 0 heterocycles. The van der Waals surface area contributed by atoms with Crippen LogP contribution in [0.1, 0.15) is 52.9 Å². The summed E-state index contributed by atoms with van der Waals surface area (Å²) in [5, 5.41) is 7.91. The first-order valence-electron chi connectivity index (χ1n) is 7.82. The lowest BCUT2D eigenvalue weighted by molar-refractivity contribution is 0.478. The van der Waals surface area contributed by atoms with Crippen molar-refractivity contribution in [3.63, 3.8) is 0 Å². The van der Waals surface area contributed by atoms with Crippen LogP contribution in [0.4, 0.5) is 0 Å². The Balaban J connectivity index is 2.29. The molecule has 2 unspecified atom stereocenters. The Kier molecular flexibility index (Phi) is 8.35. The van der Waals surface area contributed by atoms with Crippen LogP contribution in [-0.2, 0) is 0 Å². The van der Waals surface area contributed by atoms with Gasteiger partial charge >= 0.3 is 0 Å². The van der Waals surface area contributed by atoms with Gasteiger partial charge in [0.1, 0.15) is 0 Å². The summed E-state index contributed by atoms with van der Waals surface area (Å²) in [5.41, 5.74) is 0. The minimum Gasteiger partial charge on any atom is -0.356 e. The lowest BCUT2D eigenvalue weighted by Gasteiger charge is -2.20. The molecule has 0 radical (unpaired) electrons. The number of hydrogen-bond donors (Lipinski definition) is 2. The van der Waals surface area contributed by atoms with Crippen molar-refractivity contribution in [2.24, 2.45) is 10.9 Å². The number of nitrogens with zero attached hydrogens (tertiary/aromatic N) is 1. The molecule has 1 aliphatic rings. The lowest BCUT2D eigenvalue weighted by Crippen LogP contribution is -2.44. The number of rotatable bonds is 7. The van der Waals surface area contributed by atoms with Crippen molar-refractivity contribution < 1.29 is 0 Å². The number of nitrogens with one attached hydrogen (secondary N) is 2. The first-order valence-corrected chi connectivity index (χ1v) is 8.87. The molecule has 4 heteroatoms. The molecule has 0 aliphatic heterocycles. The quantitative estimate of drug-likeness (QED) is 0.557. The van der Waals surface area contributed by atoms with Gasteiger partial charge in [0.15, 0.2) is 5.96 Å². The Morgan fingerprint density at radius 3 is 2.58 bits per heavy atom. The Morgan fingerprint density at radius 2 is 2.00 bits per heavy atom. The van der Waals surface area contributed by atoms with Crippen molar-refractivity contribution in [2.45, 2.75) is 64.2 Å². The van der Waals surface area contributed by atoms with Gasteiger partial charge in [0.2, 0.25) is 0 Å². The molecule has 0 saturated heterocycles. The van der Waals surface area contributed by atoms with E-state index >= 15 is 0 Å². The molecule has 3 nitrogen and oxygen atoms in total. The molecule has 0 aromatic heterocycles. The number of thioether (sulfide) groups is 1. The first-order chi connectivity index (χ1) is 9.23. The Bertz CT molecular complexity index is 264. The van der Waals surface area contributed by atoms with Crippen molar-refractivity contribution in [3.05, 3.63) is 0 Å². The van der Waals surface area contributed by atoms with E-state index in [0.29, 0.717) is 6.04 Å². The van der Waals surface area contributed by atoms with Crippen LogP contribution in [0.3, 0.4) is 0 Å². The zero-order valence-corrected chi connectivity index (χ0v) is 13.9. The fourth-order valence-corrected chi connectivity index (χ4v) is 3.81. The summed E-state index contributed by atoms with van der Waals surface area (Å²) in [6, 6.07) is 0.608. The molecule has 0 spiro atoms. The Labute approximate surface area is 123 Å². The monoisotopic (exact) mass is 285 g/mol. The summed E-state index contributed by atoms with van der Waals surface area (Å²) in [6.45, 7) is 7.80. The Hall–Kier alpha value is -0.380. The molecule has 1 saturated carbocycles. The highest BCUT2D eigenvalue weighted by Gasteiger charge is 2.25. The topological polar surface area (TPSA) is 36.4 Å². The summed E-state index contributed by atoms with van der Waals surface area (Å²) >= 11 is 2.10. The van der Waals surface area contributed by atoms with Crippen LogP contribution in [0.2, 0.25) is 0 Å². The third-order valence-electron chi connectivity index (χ3n) is 4.06. The normalized spacial score (nSPS) is 23.9. The van der Waals surface area contributed by atoms with Crippen LogP contribution in [0.15, 0.2) is 4.99 Å². The van der Waals surface area contributed by atoms with E-state index in [-0.39, 0.29) is 0 Å². The van der Waals surface area contributed by atoms with E-state index in [4.69, 9.17) is 0 Å². The van der Waals surface area contributed by atoms with Gasteiger partial charge in [-0.05, 0) is 30.9 Å². The SMILES string of the molecule is CCSC1CCC(NC(=NC)NCC(CC)CC)C1. The maximum Gasteiger partial charge on any atom is 0.191 e. The van der Waals surface area contributed by atoms with Crippen LogP contribution in [0, 0.1) is 5.92 Å². The van der Waals surface area contributed by atoms with Gasteiger partial charge in [0.05, 0.1) is 0 Å². The summed E-state index contributed by atoms with van der Waals surface area (Å²) in [6.07, 6.45) is 6.38. The van der Waals surface area contributed by atoms with E-state index in [1.54, 1.807) is 0 Å². The van der Waals surface area contributed by atoms with Crippen molar-refractivity contribution in [1.82, 2.24) is 10.6 Å². The van der Waals surface area contributed by atoms with Crippen molar-refractivity contribution >= 4 is 17.7 Å². The first kappa shape index (κ1) is 16.7. The van der Waals surface area contributed by atoms with Gasteiger partial charge in [-0.1, -0.05) is 33.6 Å². The fourth-order valence-electron chi connectivity index (χ4n) is 2.66. The van der Waals surface area contributed by atoms with Gasteiger partial charge in [0, 0.05) is 24.9 Å². The van der Waals surface area contributed by atoms with Gasteiger partial charge in [-0.3, -0.25) is 4.99 Å².